The number of nitrogens with one attached hydrogen (secondary N) is 1. The highest BCUT2D eigenvalue weighted by Crippen LogP contribution is 2.44. The molecule has 170 valence electrons. The van der Waals surface area contributed by atoms with Gasteiger partial charge in [0.1, 0.15) is 5.60 Å². The van der Waals surface area contributed by atoms with Gasteiger partial charge in [0, 0.05) is 18.2 Å². The molecule has 0 unspecified atom stereocenters. The Balaban J connectivity index is 1.76. The van der Waals surface area contributed by atoms with Crippen molar-refractivity contribution in [1.82, 2.24) is 5.32 Å². The summed E-state index contributed by atoms with van der Waals surface area (Å²) >= 11 is 13.8. The van der Waals surface area contributed by atoms with E-state index in [1.54, 1.807) is 43.9 Å². The van der Waals surface area contributed by atoms with Gasteiger partial charge >= 0.3 is 6.09 Å². The van der Waals surface area contributed by atoms with Gasteiger partial charge in [-0.1, -0.05) is 41.0 Å². The van der Waals surface area contributed by atoms with Gasteiger partial charge in [0.15, 0.2) is 15.0 Å². The highest BCUT2D eigenvalue weighted by Gasteiger charge is 2.49. The molecule has 1 aromatic carbocycles. The predicted octanol–water partition coefficient (Wildman–Crippen LogP) is 3.51. The summed E-state index contributed by atoms with van der Waals surface area (Å²) in [7, 11) is -3.20. The smallest absolute Gasteiger partial charge is 0.407 e. The number of amides is 2. The Hall–Kier alpha value is -1.49. The molecule has 0 radical (unpaired) electrons. The van der Waals surface area contributed by atoms with E-state index in [9.17, 15) is 18.0 Å². The van der Waals surface area contributed by atoms with E-state index in [1.807, 2.05) is 0 Å². The lowest BCUT2D eigenvalue weighted by Crippen LogP contribution is -2.38. The topological polar surface area (TPSA) is 105 Å². The van der Waals surface area contributed by atoms with Crippen molar-refractivity contribution in [3.05, 3.63) is 28.2 Å². The zero-order chi connectivity index (χ0) is 23.0. The molecule has 2 fully saturated rings. The number of ether oxygens (including phenoxy) is 1. The van der Waals surface area contributed by atoms with Gasteiger partial charge in [-0.15, -0.1) is 0 Å². The van der Waals surface area contributed by atoms with Crippen LogP contribution in [0.15, 0.2) is 23.2 Å². The van der Waals surface area contributed by atoms with E-state index < -0.39 is 33.5 Å². The van der Waals surface area contributed by atoms with Crippen LogP contribution in [0.5, 0.6) is 0 Å². The summed E-state index contributed by atoms with van der Waals surface area (Å²) in [6.07, 6.45) is -0.649. The van der Waals surface area contributed by atoms with Crippen LogP contribution in [0.3, 0.4) is 0 Å². The van der Waals surface area contributed by atoms with E-state index in [4.69, 9.17) is 27.9 Å². The maximum atomic E-state index is 12.4. The lowest BCUT2D eigenvalue weighted by atomic mass is 10.2. The van der Waals surface area contributed by atoms with Crippen molar-refractivity contribution in [2.45, 2.75) is 44.1 Å². The Bertz CT molecular complexity index is 1020. The number of benzene rings is 1. The third kappa shape index (κ3) is 6.06. The van der Waals surface area contributed by atoms with Crippen molar-refractivity contribution < 1.29 is 22.7 Å². The third-order valence-electron chi connectivity index (χ3n) is 4.48. The number of hydrogen-bond acceptors (Lipinski definition) is 6. The minimum atomic E-state index is -3.20. The lowest BCUT2D eigenvalue weighted by Gasteiger charge is -2.25. The van der Waals surface area contributed by atoms with Gasteiger partial charge in [0.05, 0.1) is 33.3 Å². The second-order valence-corrected chi connectivity index (χ2v) is 12.4. The summed E-state index contributed by atoms with van der Waals surface area (Å²) in [6, 6.07) is 4.66. The summed E-state index contributed by atoms with van der Waals surface area (Å²) in [6.45, 7) is 5.29. The number of alkyl carbamates (subject to hydrolysis) is 1. The fourth-order valence-corrected chi connectivity index (χ4v) is 7.58. The standard InChI is InChI=1S/C19H23Cl2N3O5S2/c1-19(2,3)29-18(26)22-8-7-15(25)23-17-24(12-6-4-5-11(20)16(12)21)13-9-31(27,28)10-14(13)30-17/h4-6,13-14H,7-10H2,1-3H3,(H,22,26)/t13-,14-/m0/s1. The van der Waals surface area contributed by atoms with Gasteiger partial charge in [0.2, 0.25) is 5.91 Å². The Labute approximate surface area is 195 Å². The van der Waals surface area contributed by atoms with E-state index in [1.165, 1.54) is 11.8 Å². The van der Waals surface area contributed by atoms with Gasteiger partial charge in [-0.3, -0.25) is 4.79 Å². The first-order valence-electron chi connectivity index (χ1n) is 9.55. The summed E-state index contributed by atoms with van der Waals surface area (Å²) in [5, 5.41) is 3.21. The van der Waals surface area contributed by atoms with Crippen LogP contribution in [0, 0.1) is 0 Å². The predicted molar refractivity (Wildman–Crippen MR) is 124 cm³/mol. The Morgan fingerprint density at radius 1 is 1.29 bits per heavy atom. The van der Waals surface area contributed by atoms with Crippen LogP contribution in [-0.2, 0) is 19.4 Å². The van der Waals surface area contributed by atoms with Gasteiger partial charge in [-0.25, -0.2) is 13.2 Å². The number of hydrogen-bond donors (Lipinski definition) is 1. The average molecular weight is 508 g/mol. The average Bonchev–Trinajstić information content (AvgIpc) is 3.07. The zero-order valence-electron chi connectivity index (χ0n) is 17.2. The molecule has 2 saturated heterocycles. The van der Waals surface area contributed by atoms with Crippen molar-refractivity contribution in [1.29, 1.82) is 0 Å². The summed E-state index contributed by atoms with van der Waals surface area (Å²) in [5.41, 5.74) is -0.131. The van der Waals surface area contributed by atoms with E-state index in [2.05, 4.69) is 10.3 Å². The van der Waals surface area contributed by atoms with Crippen LogP contribution >= 0.6 is 35.0 Å². The highest BCUT2D eigenvalue weighted by atomic mass is 35.5. The molecular formula is C19H23Cl2N3O5S2. The van der Waals surface area contributed by atoms with Gasteiger partial charge in [0.25, 0.3) is 0 Å². The van der Waals surface area contributed by atoms with E-state index in [-0.39, 0.29) is 34.7 Å². The van der Waals surface area contributed by atoms with Crippen LogP contribution < -0.4 is 10.2 Å². The zero-order valence-corrected chi connectivity index (χ0v) is 20.4. The lowest BCUT2D eigenvalue weighted by molar-refractivity contribution is -0.117. The van der Waals surface area contributed by atoms with Gasteiger partial charge in [-0.2, -0.15) is 4.99 Å². The summed E-state index contributed by atoms with van der Waals surface area (Å²) < 4.78 is 29.4. The molecule has 0 aliphatic carbocycles. The molecule has 1 aromatic rings. The monoisotopic (exact) mass is 507 g/mol. The second-order valence-electron chi connectivity index (χ2n) is 8.21. The number of thioether (sulfide) groups is 1. The molecule has 12 heteroatoms. The van der Waals surface area contributed by atoms with Crippen molar-refractivity contribution in [3.8, 4) is 0 Å². The molecule has 0 bridgehead atoms. The number of carbonyl (C=O) groups excluding carboxylic acids is 2. The quantitative estimate of drug-likeness (QED) is 0.664. The number of rotatable bonds is 4. The summed E-state index contributed by atoms with van der Waals surface area (Å²) in [5.74, 6) is -0.504. The Kier molecular flexibility index (Phi) is 7.15. The van der Waals surface area contributed by atoms with Crippen LogP contribution in [0.25, 0.3) is 0 Å². The number of carbonyl (C=O) groups is 2. The Morgan fingerprint density at radius 2 is 2.00 bits per heavy atom. The minimum absolute atomic E-state index is 0.00439. The minimum Gasteiger partial charge on any atom is -0.444 e. The van der Waals surface area contributed by atoms with Crippen molar-refractivity contribution in [2.24, 2.45) is 4.99 Å². The first-order valence-corrected chi connectivity index (χ1v) is 13.0. The maximum Gasteiger partial charge on any atom is 0.407 e. The van der Waals surface area contributed by atoms with E-state index in [0.717, 1.165) is 0 Å². The largest absolute Gasteiger partial charge is 0.444 e. The fourth-order valence-electron chi connectivity index (χ4n) is 3.27. The number of sulfone groups is 1. The van der Waals surface area contributed by atoms with Crippen molar-refractivity contribution in [2.75, 3.05) is 23.0 Å². The number of aliphatic imine (C=N–C) groups is 1. The van der Waals surface area contributed by atoms with Crippen molar-refractivity contribution >= 4 is 67.7 Å². The van der Waals surface area contributed by atoms with Crippen LogP contribution in [0.4, 0.5) is 10.5 Å². The molecule has 3 rings (SSSR count). The maximum absolute atomic E-state index is 12.4. The van der Waals surface area contributed by atoms with E-state index in [0.29, 0.717) is 15.9 Å². The molecular weight excluding hydrogens is 485 g/mol. The highest BCUT2D eigenvalue weighted by molar-refractivity contribution is 8.16. The SMILES string of the molecule is CC(C)(C)OC(=O)NCCC(=O)N=C1S[C@H]2CS(=O)(=O)C[C@@H]2N1c1cccc(Cl)c1Cl. The number of anilines is 1. The number of fused-ring (bicyclic) bond motifs is 1. The number of halogens is 2. The van der Waals surface area contributed by atoms with Crippen molar-refractivity contribution in [3.63, 3.8) is 0 Å². The van der Waals surface area contributed by atoms with Gasteiger partial charge in [-0.05, 0) is 32.9 Å². The first kappa shape index (κ1) is 24.2. The molecule has 2 amide bonds. The first-order chi connectivity index (χ1) is 14.4. The van der Waals surface area contributed by atoms with Crippen LogP contribution in [-0.4, -0.2) is 60.5 Å². The van der Waals surface area contributed by atoms with Crippen LogP contribution in [0.2, 0.25) is 10.0 Å². The summed E-state index contributed by atoms with van der Waals surface area (Å²) in [4.78, 5) is 30.0. The molecule has 31 heavy (non-hydrogen) atoms. The number of nitrogens with zero attached hydrogens (tertiary/aromatic N) is 2. The molecule has 2 heterocycles. The van der Waals surface area contributed by atoms with E-state index >= 15 is 0 Å². The molecule has 0 spiro atoms. The Morgan fingerprint density at radius 3 is 2.68 bits per heavy atom. The molecule has 8 nitrogen and oxygen atoms in total. The fraction of sp³-hybridized carbons (Fsp3) is 0.526. The van der Waals surface area contributed by atoms with Crippen LogP contribution in [0.1, 0.15) is 27.2 Å². The third-order valence-corrected chi connectivity index (χ3v) is 8.50. The molecule has 0 saturated carbocycles. The number of amidine groups is 1. The molecule has 2 atom stereocenters. The normalized spacial score (nSPS) is 23.6. The molecule has 0 aromatic heterocycles. The second kappa shape index (κ2) is 9.17. The molecule has 1 N–H and O–H groups in total. The molecule has 2 aliphatic heterocycles. The molecule has 2 aliphatic rings. The van der Waals surface area contributed by atoms with Gasteiger partial charge < -0.3 is 15.0 Å².